The molecular weight excluding hydrogens is 228 g/mol. The molecule has 16 heavy (non-hydrogen) atoms. The largest absolute Gasteiger partial charge is 0.502 e. The van der Waals surface area contributed by atoms with Crippen molar-refractivity contribution >= 4 is 28.7 Å². The van der Waals surface area contributed by atoms with Crippen molar-refractivity contribution in [1.82, 2.24) is 4.98 Å². The van der Waals surface area contributed by atoms with E-state index < -0.39 is 0 Å². The number of rotatable bonds is 6. The molecule has 1 N–H and O–H groups in total. The van der Waals surface area contributed by atoms with Gasteiger partial charge in [-0.15, -0.1) is 0 Å². The summed E-state index contributed by atoms with van der Waals surface area (Å²) in [5.41, 5.74) is 0. The molecule has 1 heterocycles. The minimum Gasteiger partial charge on any atom is -0.502 e. The van der Waals surface area contributed by atoms with E-state index in [0.29, 0.717) is 28.5 Å². The second kappa shape index (κ2) is 6.02. The van der Waals surface area contributed by atoms with E-state index in [1.807, 2.05) is 0 Å². The lowest BCUT2D eigenvalue weighted by atomic mass is 10.3. The lowest BCUT2D eigenvalue weighted by Crippen LogP contribution is -2.11. The van der Waals surface area contributed by atoms with Crippen LogP contribution in [0.3, 0.4) is 0 Å². The summed E-state index contributed by atoms with van der Waals surface area (Å²) in [6.45, 7) is 3.61. The van der Waals surface area contributed by atoms with Crippen LogP contribution in [0.5, 0.6) is 0 Å². The molecule has 0 radical (unpaired) electrons. The lowest BCUT2D eigenvalue weighted by molar-refractivity contribution is -0.116. The molecule has 1 aromatic heterocycles. The van der Waals surface area contributed by atoms with Crippen LogP contribution in [-0.4, -0.2) is 24.3 Å². The number of ether oxygens (including phenoxy) is 1. The maximum Gasteiger partial charge on any atom is 0.226 e. The van der Waals surface area contributed by atoms with Gasteiger partial charge in [0.15, 0.2) is 11.4 Å². The molecule has 0 unspecified atom stereocenters. The maximum atomic E-state index is 11.4. The van der Waals surface area contributed by atoms with E-state index in [9.17, 15) is 9.59 Å². The highest BCUT2D eigenvalue weighted by molar-refractivity contribution is 7.17. The van der Waals surface area contributed by atoms with Crippen molar-refractivity contribution in [1.29, 1.82) is 0 Å². The van der Waals surface area contributed by atoms with Gasteiger partial charge in [0.25, 0.3) is 0 Å². The molecule has 0 bridgehead atoms. The van der Waals surface area contributed by atoms with Crippen molar-refractivity contribution in [2.24, 2.45) is 0 Å². The Morgan fingerprint density at radius 1 is 1.69 bits per heavy atom. The van der Waals surface area contributed by atoms with Crippen molar-refractivity contribution in [2.75, 3.05) is 12.4 Å². The third-order valence-corrected chi connectivity index (χ3v) is 2.64. The number of hydrogen-bond donors (Lipinski definition) is 1. The van der Waals surface area contributed by atoms with E-state index in [1.165, 1.54) is 13.3 Å². The van der Waals surface area contributed by atoms with E-state index in [0.717, 1.165) is 11.3 Å². The van der Waals surface area contributed by atoms with E-state index in [-0.39, 0.29) is 12.3 Å². The molecule has 0 aliphatic heterocycles. The van der Waals surface area contributed by atoms with Crippen LogP contribution in [0.25, 0.3) is 0 Å². The highest BCUT2D eigenvalue weighted by atomic mass is 32.1. The third kappa shape index (κ3) is 3.82. The van der Waals surface area contributed by atoms with Gasteiger partial charge in [-0.25, -0.2) is 4.98 Å². The van der Waals surface area contributed by atoms with Crippen LogP contribution in [0.2, 0.25) is 0 Å². The van der Waals surface area contributed by atoms with Gasteiger partial charge in [0.1, 0.15) is 0 Å². The molecule has 0 atom stereocenters. The number of amides is 1. The van der Waals surface area contributed by atoms with Crippen molar-refractivity contribution in [2.45, 2.75) is 12.8 Å². The number of aromatic nitrogens is 1. The summed E-state index contributed by atoms with van der Waals surface area (Å²) in [5, 5.41) is 3.02. The molecule has 0 spiro atoms. The van der Waals surface area contributed by atoms with Crippen LogP contribution in [-0.2, 0) is 9.53 Å². The molecule has 1 rings (SSSR count). The van der Waals surface area contributed by atoms with E-state index in [4.69, 9.17) is 4.74 Å². The first kappa shape index (κ1) is 12.4. The maximum absolute atomic E-state index is 11.4. The number of allylic oxidation sites excluding steroid dienone is 1. The molecule has 1 amide bonds. The summed E-state index contributed by atoms with van der Waals surface area (Å²) < 4.78 is 4.84. The quantitative estimate of drug-likeness (QED) is 0.608. The Hall–Kier alpha value is -1.69. The summed E-state index contributed by atoms with van der Waals surface area (Å²) in [5.74, 6) is 0.382. The Morgan fingerprint density at radius 2 is 2.44 bits per heavy atom. The van der Waals surface area contributed by atoms with Gasteiger partial charge in [-0.05, 0) is 0 Å². The molecule has 86 valence electrons. The summed E-state index contributed by atoms with van der Waals surface area (Å²) in [6.07, 6.45) is 2.86. The molecular formula is C10H12N2O3S. The smallest absolute Gasteiger partial charge is 0.226 e. The Morgan fingerprint density at radius 3 is 3.00 bits per heavy atom. The zero-order chi connectivity index (χ0) is 12.0. The van der Waals surface area contributed by atoms with Crippen LogP contribution < -0.4 is 5.32 Å². The fourth-order valence-electron chi connectivity index (χ4n) is 0.936. The Balaban J connectivity index is 2.39. The summed E-state index contributed by atoms with van der Waals surface area (Å²) >= 11 is 1.14. The van der Waals surface area contributed by atoms with Crippen LogP contribution in [0.1, 0.15) is 22.5 Å². The first-order valence-electron chi connectivity index (χ1n) is 4.58. The fourth-order valence-corrected chi connectivity index (χ4v) is 1.58. The predicted octanol–water partition coefficient (Wildman–Crippen LogP) is 1.83. The van der Waals surface area contributed by atoms with Crippen molar-refractivity contribution in [3.8, 4) is 0 Å². The highest BCUT2D eigenvalue weighted by Crippen LogP contribution is 2.16. The number of thiazole rings is 1. The Bertz CT molecular complexity index is 401. The molecule has 0 aromatic carbocycles. The second-order valence-corrected chi connectivity index (χ2v) is 4.04. The average Bonchev–Trinajstić information content (AvgIpc) is 2.73. The normalized spacial score (nSPS) is 9.56. The van der Waals surface area contributed by atoms with Crippen molar-refractivity contribution in [3.05, 3.63) is 23.4 Å². The van der Waals surface area contributed by atoms with Gasteiger partial charge in [0.2, 0.25) is 5.91 Å². The number of nitrogens with zero attached hydrogens (tertiary/aromatic N) is 1. The van der Waals surface area contributed by atoms with Gasteiger partial charge in [0.05, 0.1) is 23.9 Å². The van der Waals surface area contributed by atoms with E-state index >= 15 is 0 Å². The van der Waals surface area contributed by atoms with Crippen LogP contribution in [0.4, 0.5) is 5.13 Å². The Labute approximate surface area is 97.1 Å². The predicted molar refractivity (Wildman–Crippen MR) is 61.5 cm³/mol. The molecule has 0 aliphatic rings. The standard InChI is InChI=1S/C10H12N2O3S/c1-7(15-2)3-4-9(14)12-10-11-5-8(6-13)16-10/h5-6H,1,3-4H2,2H3,(H,11,12,14). The van der Waals surface area contributed by atoms with Gasteiger partial charge in [-0.1, -0.05) is 17.9 Å². The number of anilines is 1. The van der Waals surface area contributed by atoms with Crippen LogP contribution in [0.15, 0.2) is 18.5 Å². The monoisotopic (exact) mass is 240 g/mol. The molecule has 0 aliphatic carbocycles. The number of carbonyl (C=O) groups is 2. The van der Waals surface area contributed by atoms with Gasteiger partial charge in [-0.2, -0.15) is 0 Å². The van der Waals surface area contributed by atoms with Crippen molar-refractivity contribution < 1.29 is 14.3 Å². The van der Waals surface area contributed by atoms with Crippen LogP contribution >= 0.6 is 11.3 Å². The molecule has 6 heteroatoms. The lowest BCUT2D eigenvalue weighted by Gasteiger charge is -2.03. The number of hydrogen-bond acceptors (Lipinski definition) is 5. The van der Waals surface area contributed by atoms with E-state index in [2.05, 4.69) is 16.9 Å². The average molecular weight is 240 g/mol. The molecule has 0 fully saturated rings. The second-order valence-electron chi connectivity index (χ2n) is 2.98. The molecule has 5 nitrogen and oxygen atoms in total. The number of nitrogens with one attached hydrogen (secondary N) is 1. The van der Waals surface area contributed by atoms with Gasteiger partial charge in [-0.3, -0.25) is 9.59 Å². The minimum absolute atomic E-state index is 0.176. The first-order valence-corrected chi connectivity index (χ1v) is 5.40. The summed E-state index contributed by atoms with van der Waals surface area (Å²) in [4.78, 5) is 26.1. The zero-order valence-corrected chi connectivity index (χ0v) is 9.67. The molecule has 0 saturated heterocycles. The van der Waals surface area contributed by atoms with Gasteiger partial charge in [0, 0.05) is 12.8 Å². The topological polar surface area (TPSA) is 68.3 Å². The number of carbonyl (C=O) groups excluding carboxylic acids is 2. The third-order valence-electron chi connectivity index (χ3n) is 1.81. The van der Waals surface area contributed by atoms with Crippen molar-refractivity contribution in [3.63, 3.8) is 0 Å². The van der Waals surface area contributed by atoms with Crippen LogP contribution in [0, 0.1) is 0 Å². The molecule has 0 saturated carbocycles. The highest BCUT2D eigenvalue weighted by Gasteiger charge is 2.06. The Kier molecular flexibility index (Phi) is 4.65. The fraction of sp³-hybridized carbons (Fsp3) is 0.300. The number of aldehydes is 1. The van der Waals surface area contributed by atoms with E-state index in [1.54, 1.807) is 0 Å². The zero-order valence-electron chi connectivity index (χ0n) is 8.86. The first-order chi connectivity index (χ1) is 7.65. The SMILES string of the molecule is C=C(CCC(=O)Nc1ncc(C=O)s1)OC. The molecule has 1 aromatic rings. The van der Waals surface area contributed by atoms with Gasteiger partial charge < -0.3 is 10.1 Å². The minimum atomic E-state index is -0.176. The summed E-state index contributed by atoms with van der Waals surface area (Å²) in [7, 11) is 1.51. The van der Waals surface area contributed by atoms with Gasteiger partial charge >= 0.3 is 0 Å². The summed E-state index contributed by atoms with van der Waals surface area (Å²) in [6, 6.07) is 0. The number of methoxy groups -OCH3 is 1.